The Kier molecular flexibility index (Phi) is 4.65. The Morgan fingerprint density at radius 2 is 1.92 bits per heavy atom. The molecule has 0 saturated heterocycles. The van der Waals surface area contributed by atoms with Crippen molar-refractivity contribution in [2.24, 2.45) is 0 Å². The Labute approximate surface area is 137 Å². The lowest BCUT2D eigenvalue weighted by Crippen LogP contribution is -2.24. The van der Waals surface area contributed by atoms with Crippen molar-refractivity contribution < 1.29 is 13.6 Å². The summed E-state index contributed by atoms with van der Waals surface area (Å²) in [5.41, 5.74) is 2.24. The molecular formula is C18H15F2N3O. The van der Waals surface area contributed by atoms with Crippen LogP contribution in [0.3, 0.4) is 0 Å². The fourth-order valence-electron chi connectivity index (χ4n) is 2.33. The van der Waals surface area contributed by atoms with E-state index in [0.717, 1.165) is 23.4 Å². The Hall–Kier alpha value is -3.02. The molecule has 0 spiro atoms. The van der Waals surface area contributed by atoms with Crippen molar-refractivity contribution in [3.63, 3.8) is 0 Å². The zero-order chi connectivity index (χ0) is 16.9. The molecule has 0 unspecified atom stereocenters. The van der Waals surface area contributed by atoms with Gasteiger partial charge in [-0.1, -0.05) is 18.2 Å². The van der Waals surface area contributed by atoms with Crippen molar-refractivity contribution in [3.8, 4) is 5.69 Å². The number of hydrogen-bond acceptors (Lipinski definition) is 2. The zero-order valence-electron chi connectivity index (χ0n) is 12.7. The van der Waals surface area contributed by atoms with Gasteiger partial charge >= 0.3 is 0 Å². The van der Waals surface area contributed by atoms with E-state index in [2.05, 4.69) is 10.4 Å². The van der Waals surface area contributed by atoms with Gasteiger partial charge in [-0.25, -0.2) is 13.5 Å². The SMILES string of the molecule is O=C(Cc1ccc(F)c(F)c1)NCc1cccc(-n2cccn2)c1. The van der Waals surface area contributed by atoms with Crippen LogP contribution in [-0.2, 0) is 17.8 Å². The van der Waals surface area contributed by atoms with Gasteiger partial charge in [0.1, 0.15) is 0 Å². The number of hydrogen-bond donors (Lipinski definition) is 1. The smallest absolute Gasteiger partial charge is 0.224 e. The molecule has 24 heavy (non-hydrogen) atoms. The summed E-state index contributed by atoms with van der Waals surface area (Å²) in [5, 5.41) is 6.93. The topological polar surface area (TPSA) is 46.9 Å². The highest BCUT2D eigenvalue weighted by molar-refractivity contribution is 5.78. The summed E-state index contributed by atoms with van der Waals surface area (Å²) in [6.45, 7) is 0.345. The average molecular weight is 327 g/mol. The summed E-state index contributed by atoms with van der Waals surface area (Å²) in [6, 6.07) is 12.9. The number of carbonyl (C=O) groups is 1. The normalized spacial score (nSPS) is 10.6. The maximum Gasteiger partial charge on any atom is 0.224 e. The van der Waals surface area contributed by atoms with Crippen LogP contribution in [0.4, 0.5) is 8.78 Å². The zero-order valence-corrected chi connectivity index (χ0v) is 12.7. The summed E-state index contributed by atoms with van der Waals surface area (Å²) in [4.78, 5) is 12.0. The van der Waals surface area contributed by atoms with Crippen molar-refractivity contribution in [3.05, 3.63) is 83.7 Å². The second-order valence-corrected chi connectivity index (χ2v) is 5.32. The Balaban J connectivity index is 1.60. The first-order chi connectivity index (χ1) is 11.6. The Bertz CT molecular complexity index is 847. The van der Waals surface area contributed by atoms with E-state index in [4.69, 9.17) is 0 Å². The summed E-state index contributed by atoms with van der Waals surface area (Å²) in [6.07, 6.45) is 3.52. The molecule has 1 amide bonds. The van der Waals surface area contributed by atoms with Crippen LogP contribution in [-0.4, -0.2) is 15.7 Å². The van der Waals surface area contributed by atoms with E-state index in [1.165, 1.54) is 6.07 Å². The van der Waals surface area contributed by atoms with Crippen LogP contribution in [0.2, 0.25) is 0 Å². The molecule has 122 valence electrons. The van der Waals surface area contributed by atoms with Crippen LogP contribution >= 0.6 is 0 Å². The first kappa shape index (κ1) is 15.9. The summed E-state index contributed by atoms with van der Waals surface area (Å²) < 4.78 is 27.8. The summed E-state index contributed by atoms with van der Waals surface area (Å²) >= 11 is 0. The largest absolute Gasteiger partial charge is 0.352 e. The van der Waals surface area contributed by atoms with E-state index in [-0.39, 0.29) is 12.3 Å². The molecule has 0 radical (unpaired) electrons. The van der Waals surface area contributed by atoms with Crippen molar-refractivity contribution in [2.45, 2.75) is 13.0 Å². The van der Waals surface area contributed by atoms with E-state index in [1.807, 2.05) is 36.5 Å². The molecule has 0 aliphatic carbocycles. The van der Waals surface area contributed by atoms with Crippen molar-refractivity contribution in [1.29, 1.82) is 0 Å². The molecule has 1 aromatic heterocycles. The fraction of sp³-hybridized carbons (Fsp3) is 0.111. The van der Waals surface area contributed by atoms with Gasteiger partial charge in [0.05, 0.1) is 12.1 Å². The molecule has 0 atom stereocenters. The number of nitrogens with one attached hydrogen (secondary N) is 1. The Morgan fingerprint density at radius 3 is 2.67 bits per heavy atom. The number of halogens is 2. The van der Waals surface area contributed by atoms with Crippen molar-refractivity contribution >= 4 is 5.91 Å². The van der Waals surface area contributed by atoms with Crippen LogP contribution in [0.5, 0.6) is 0 Å². The fourth-order valence-corrected chi connectivity index (χ4v) is 2.33. The number of aromatic nitrogens is 2. The van der Waals surface area contributed by atoms with Crippen LogP contribution in [0.15, 0.2) is 60.9 Å². The highest BCUT2D eigenvalue weighted by Gasteiger charge is 2.07. The molecule has 6 heteroatoms. The molecular weight excluding hydrogens is 312 g/mol. The summed E-state index contributed by atoms with van der Waals surface area (Å²) in [5.74, 6) is -2.13. The lowest BCUT2D eigenvalue weighted by atomic mass is 10.1. The summed E-state index contributed by atoms with van der Waals surface area (Å²) in [7, 11) is 0. The minimum Gasteiger partial charge on any atom is -0.352 e. The molecule has 2 aromatic carbocycles. The first-order valence-electron chi connectivity index (χ1n) is 7.41. The number of rotatable bonds is 5. The van der Waals surface area contributed by atoms with E-state index in [1.54, 1.807) is 10.9 Å². The van der Waals surface area contributed by atoms with Crippen molar-refractivity contribution in [1.82, 2.24) is 15.1 Å². The van der Waals surface area contributed by atoms with Crippen LogP contribution < -0.4 is 5.32 Å². The number of nitrogens with zero attached hydrogens (tertiary/aromatic N) is 2. The third kappa shape index (κ3) is 3.84. The molecule has 1 N–H and O–H groups in total. The predicted molar refractivity (Wildman–Crippen MR) is 85.5 cm³/mol. The predicted octanol–water partition coefficient (Wildman–Crippen LogP) is 3.01. The van der Waals surface area contributed by atoms with Gasteiger partial charge < -0.3 is 5.32 Å². The lowest BCUT2D eigenvalue weighted by molar-refractivity contribution is -0.120. The standard InChI is InChI=1S/C18H15F2N3O/c19-16-6-5-13(10-17(16)20)11-18(24)21-12-14-3-1-4-15(9-14)23-8-2-7-22-23/h1-10H,11-12H2,(H,21,24). The molecule has 0 aliphatic heterocycles. The highest BCUT2D eigenvalue weighted by Crippen LogP contribution is 2.11. The average Bonchev–Trinajstić information content (AvgIpc) is 3.11. The van der Waals surface area contributed by atoms with E-state index < -0.39 is 11.6 Å². The van der Waals surface area contributed by atoms with Gasteiger partial charge in [0.15, 0.2) is 11.6 Å². The molecule has 0 aliphatic rings. The number of benzene rings is 2. The van der Waals surface area contributed by atoms with E-state index in [9.17, 15) is 13.6 Å². The van der Waals surface area contributed by atoms with Crippen LogP contribution in [0, 0.1) is 11.6 Å². The maximum absolute atomic E-state index is 13.1. The van der Waals surface area contributed by atoms with Gasteiger partial charge in [-0.15, -0.1) is 0 Å². The molecule has 4 nitrogen and oxygen atoms in total. The van der Waals surface area contributed by atoms with Gasteiger partial charge in [0, 0.05) is 18.9 Å². The number of carbonyl (C=O) groups excluding carboxylic acids is 1. The molecule has 1 heterocycles. The molecule has 0 bridgehead atoms. The minimum atomic E-state index is -0.952. The van der Waals surface area contributed by atoms with E-state index >= 15 is 0 Å². The monoisotopic (exact) mass is 327 g/mol. The molecule has 0 saturated carbocycles. The maximum atomic E-state index is 13.1. The molecule has 0 fully saturated rings. The van der Waals surface area contributed by atoms with Gasteiger partial charge in [0.25, 0.3) is 0 Å². The first-order valence-corrected chi connectivity index (χ1v) is 7.41. The number of amides is 1. The molecule has 3 aromatic rings. The van der Waals surface area contributed by atoms with Gasteiger partial charge in [-0.3, -0.25) is 4.79 Å². The highest BCUT2D eigenvalue weighted by atomic mass is 19.2. The third-order valence-electron chi connectivity index (χ3n) is 3.52. The van der Waals surface area contributed by atoms with Gasteiger partial charge in [-0.2, -0.15) is 5.10 Å². The van der Waals surface area contributed by atoms with E-state index in [0.29, 0.717) is 12.1 Å². The third-order valence-corrected chi connectivity index (χ3v) is 3.52. The molecule has 3 rings (SSSR count). The lowest BCUT2D eigenvalue weighted by Gasteiger charge is -2.08. The van der Waals surface area contributed by atoms with Crippen molar-refractivity contribution in [2.75, 3.05) is 0 Å². The van der Waals surface area contributed by atoms with Crippen LogP contribution in [0.25, 0.3) is 5.69 Å². The van der Waals surface area contributed by atoms with Gasteiger partial charge in [0.2, 0.25) is 5.91 Å². The quantitative estimate of drug-likeness (QED) is 0.783. The van der Waals surface area contributed by atoms with Gasteiger partial charge in [-0.05, 0) is 41.5 Å². The second kappa shape index (κ2) is 7.04. The Morgan fingerprint density at radius 1 is 1.04 bits per heavy atom. The second-order valence-electron chi connectivity index (χ2n) is 5.32. The van der Waals surface area contributed by atoms with Crippen LogP contribution in [0.1, 0.15) is 11.1 Å². The minimum absolute atomic E-state index is 0.00392.